The van der Waals surface area contributed by atoms with E-state index in [0.29, 0.717) is 22.9 Å². The van der Waals surface area contributed by atoms with Crippen LogP contribution >= 0.6 is 0 Å². The van der Waals surface area contributed by atoms with Crippen LogP contribution in [0, 0.1) is 16.7 Å². The molecule has 1 fully saturated rings. The fraction of sp³-hybridized carbons (Fsp3) is 1.00. The fourth-order valence-corrected chi connectivity index (χ4v) is 4.41. The molecule has 0 N–H and O–H groups in total. The molecule has 114 valence electrons. The summed E-state index contributed by atoms with van der Waals surface area (Å²) in [5, 5.41) is 0. The molecule has 0 bridgehead atoms. The van der Waals surface area contributed by atoms with Crippen molar-refractivity contribution in [3.8, 4) is 0 Å². The second-order valence-electron chi connectivity index (χ2n) is 8.78. The van der Waals surface area contributed by atoms with Crippen LogP contribution in [-0.4, -0.2) is 24.0 Å². The Hall–Kier alpha value is -0.0400. The smallest absolute Gasteiger partial charge is 0.00717 e. The predicted molar refractivity (Wildman–Crippen MR) is 86.5 cm³/mol. The van der Waals surface area contributed by atoms with Crippen LogP contribution < -0.4 is 0 Å². The van der Waals surface area contributed by atoms with E-state index in [9.17, 15) is 0 Å². The highest BCUT2D eigenvalue weighted by Crippen LogP contribution is 2.42. The molecule has 0 aromatic heterocycles. The van der Waals surface area contributed by atoms with Gasteiger partial charge in [-0.2, -0.15) is 0 Å². The van der Waals surface area contributed by atoms with Gasteiger partial charge in [-0.15, -0.1) is 0 Å². The van der Waals surface area contributed by atoms with E-state index < -0.39 is 0 Å². The highest BCUT2D eigenvalue weighted by atomic mass is 15.1. The summed E-state index contributed by atoms with van der Waals surface area (Å²) in [5.41, 5.74) is 0.947. The largest absolute Gasteiger partial charge is 0.301 e. The summed E-state index contributed by atoms with van der Waals surface area (Å²) < 4.78 is 0. The van der Waals surface area contributed by atoms with Gasteiger partial charge >= 0.3 is 0 Å². The van der Waals surface area contributed by atoms with Gasteiger partial charge in [-0.1, -0.05) is 41.0 Å². The maximum Gasteiger partial charge on any atom is 0.00717 e. The zero-order chi connectivity index (χ0) is 14.8. The molecule has 19 heavy (non-hydrogen) atoms. The summed E-state index contributed by atoms with van der Waals surface area (Å²) in [6.45, 7) is 17.1. The Kier molecular flexibility index (Phi) is 5.52. The molecule has 1 rings (SSSR count). The first kappa shape index (κ1) is 17.0. The third-order valence-corrected chi connectivity index (χ3v) is 5.35. The minimum absolute atomic E-state index is 0.474. The Balaban J connectivity index is 2.95. The Labute approximate surface area is 122 Å². The zero-order valence-corrected chi connectivity index (χ0v) is 14.7. The van der Waals surface area contributed by atoms with E-state index in [4.69, 9.17) is 0 Å². The van der Waals surface area contributed by atoms with E-state index in [2.05, 4.69) is 60.4 Å². The molecule has 0 aromatic carbocycles. The molecule has 1 aliphatic rings. The molecule has 0 saturated carbocycles. The van der Waals surface area contributed by atoms with Crippen molar-refractivity contribution in [3.63, 3.8) is 0 Å². The van der Waals surface area contributed by atoms with Crippen molar-refractivity contribution in [2.45, 2.75) is 92.7 Å². The molecule has 0 amide bonds. The second-order valence-corrected chi connectivity index (χ2v) is 8.78. The van der Waals surface area contributed by atoms with Crippen LogP contribution in [0.4, 0.5) is 0 Å². The monoisotopic (exact) mass is 267 g/mol. The average molecular weight is 268 g/mol. The Morgan fingerprint density at radius 1 is 0.842 bits per heavy atom. The first-order valence-corrected chi connectivity index (χ1v) is 8.28. The van der Waals surface area contributed by atoms with Crippen molar-refractivity contribution >= 4 is 0 Å². The van der Waals surface area contributed by atoms with Gasteiger partial charge in [0.2, 0.25) is 0 Å². The lowest BCUT2D eigenvalue weighted by Crippen LogP contribution is -2.43. The minimum atomic E-state index is 0.474. The van der Waals surface area contributed by atoms with Crippen LogP contribution in [-0.2, 0) is 0 Å². The summed E-state index contributed by atoms with van der Waals surface area (Å²) in [5.74, 6) is 0.896. The molecule has 0 spiro atoms. The normalized spacial score (nSPS) is 36.9. The predicted octanol–water partition coefficient (Wildman–Crippen LogP) is 5.35. The Morgan fingerprint density at radius 2 is 1.21 bits per heavy atom. The lowest BCUT2D eigenvalue weighted by atomic mass is 9.69. The van der Waals surface area contributed by atoms with Crippen molar-refractivity contribution in [2.24, 2.45) is 16.7 Å². The molecule has 1 heteroatoms. The van der Waals surface area contributed by atoms with Gasteiger partial charge in [0.15, 0.2) is 0 Å². The van der Waals surface area contributed by atoms with Crippen molar-refractivity contribution < 1.29 is 0 Å². The quantitative estimate of drug-likeness (QED) is 0.619. The van der Waals surface area contributed by atoms with Crippen molar-refractivity contribution in [2.75, 3.05) is 7.05 Å². The van der Waals surface area contributed by atoms with Crippen LogP contribution in [0.15, 0.2) is 0 Å². The SMILES string of the molecule is CCC1CC(C)(C)CC(C)N(C)C(C)CC(C)(C)C1. The van der Waals surface area contributed by atoms with Crippen molar-refractivity contribution in [3.05, 3.63) is 0 Å². The van der Waals surface area contributed by atoms with Gasteiger partial charge in [-0.05, 0) is 63.3 Å². The fourth-order valence-electron chi connectivity index (χ4n) is 4.41. The van der Waals surface area contributed by atoms with E-state index in [-0.39, 0.29) is 0 Å². The summed E-state index contributed by atoms with van der Waals surface area (Å²) >= 11 is 0. The molecular weight excluding hydrogens is 230 g/mol. The van der Waals surface area contributed by atoms with Gasteiger partial charge in [-0.3, -0.25) is 0 Å². The highest BCUT2D eigenvalue weighted by molar-refractivity contribution is 4.87. The van der Waals surface area contributed by atoms with E-state index in [1.54, 1.807) is 0 Å². The molecule has 2 unspecified atom stereocenters. The van der Waals surface area contributed by atoms with Crippen LogP contribution in [0.5, 0.6) is 0 Å². The molecule has 1 aliphatic heterocycles. The van der Waals surface area contributed by atoms with Crippen LogP contribution in [0.25, 0.3) is 0 Å². The Morgan fingerprint density at radius 3 is 1.53 bits per heavy atom. The molecule has 2 atom stereocenters. The molecule has 0 radical (unpaired) electrons. The maximum absolute atomic E-state index is 2.61. The Bertz CT molecular complexity index is 253. The van der Waals surface area contributed by atoms with Crippen LogP contribution in [0.2, 0.25) is 0 Å². The number of rotatable bonds is 1. The lowest BCUT2D eigenvalue weighted by Gasteiger charge is -2.43. The molecule has 1 heterocycles. The van der Waals surface area contributed by atoms with Gasteiger partial charge in [0.1, 0.15) is 0 Å². The van der Waals surface area contributed by atoms with E-state index in [1.165, 1.54) is 32.1 Å². The van der Waals surface area contributed by atoms with Gasteiger partial charge in [0.25, 0.3) is 0 Å². The molecule has 0 aliphatic carbocycles. The van der Waals surface area contributed by atoms with E-state index in [0.717, 1.165) is 5.92 Å². The topological polar surface area (TPSA) is 3.24 Å². The molecule has 0 aromatic rings. The lowest BCUT2D eigenvalue weighted by molar-refractivity contribution is 0.0680. The third-order valence-electron chi connectivity index (χ3n) is 5.35. The third kappa shape index (κ3) is 5.10. The minimum Gasteiger partial charge on any atom is -0.301 e. The first-order valence-electron chi connectivity index (χ1n) is 8.28. The number of hydrogen-bond donors (Lipinski definition) is 0. The number of nitrogens with zero attached hydrogens (tertiary/aromatic N) is 1. The van der Waals surface area contributed by atoms with Crippen LogP contribution in [0.1, 0.15) is 80.6 Å². The highest BCUT2D eigenvalue weighted by Gasteiger charge is 2.34. The maximum atomic E-state index is 2.61. The molecular formula is C18H37N. The van der Waals surface area contributed by atoms with Gasteiger partial charge < -0.3 is 4.90 Å². The van der Waals surface area contributed by atoms with E-state index in [1.807, 2.05) is 0 Å². The summed E-state index contributed by atoms with van der Waals surface area (Å²) in [4.78, 5) is 2.61. The van der Waals surface area contributed by atoms with Crippen LogP contribution in [0.3, 0.4) is 0 Å². The second kappa shape index (κ2) is 6.16. The summed E-state index contributed by atoms with van der Waals surface area (Å²) in [6.07, 6.45) is 6.76. The van der Waals surface area contributed by atoms with Crippen molar-refractivity contribution in [1.29, 1.82) is 0 Å². The summed E-state index contributed by atoms with van der Waals surface area (Å²) in [6, 6.07) is 1.38. The van der Waals surface area contributed by atoms with Gasteiger partial charge in [0, 0.05) is 12.1 Å². The zero-order valence-electron chi connectivity index (χ0n) is 14.7. The average Bonchev–Trinajstić information content (AvgIpc) is 2.23. The molecule has 1 saturated heterocycles. The molecule has 1 nitrogen and oxygen atoms in total. The standard InChI is InChI=1S/C18H37N/c1-9-16-12-17(4,5)10-14(2)19(8)15(3)11-18(6,7)13-16/h14-16H,9-13H2,1-8H3. The van der Waals surface area contributed by atoms with Gasteiger partial charge in [-0.25, -0.2) is 0 Å². The number of hydrogen-bond acceptors (Lipinski definition) is 1. The van der Waals surface area contributed by atoms with Crippen molar-refractivity contribution in [1.82, 2.24) is 4.90 Å². The van der Waals surface area contributed by atoms with E-state index >= 15 is 0 Å². The van der Waals surface area contributed by atoms with Gasteiger partial charge in [0.05, 0.1) is 0 Å². The summed E-state index contributed by atoms with van der Waals surface area (Å²) in [7, 11) is 2.32. The first-order chi connectivity index (χ1) is 8.56.